The van der Waals surface area contributed by atoms with Gasteiger partial charge in [-0.15, -0.1) is 0 Å². The number of benzene rings is 2. The summed E-state index contributed by atoms with van der Waals surface area (Å²) in [5.74, 6) is -0.140. The van der Waals surface area contributed by atoms with Crippen molar-refractivity contribution in [2.75, 3.05) is 6.61 Å². The van der Waals surface area contributed by atoms with Crippen LogP contribution in [0.4, 0.5) is 0 Å². The summed E-state index contributed by atoms with van der Waals surface area (Å²) in [6.07, 6.45) is 5.57. The first-order valence-corrected chi connectivity index (χ1v) is 10.3. The molecule has 0 atom stereocenters. The summed E-state index contributed by atoms with van der Waals surface area (Å²) in [7, 11) is 0. The Labute approximate surface area is 181 Å². The predicted molar refractivity (Wildman–Crippen MR) is 119 cm³/mol. The summed E-state index contributed by atoms with van der Waals surface area (Å²) >= 11 is 0. The van der Waals surface area contributed by atoms with E-state index in [9.17, 15) is 9.59 Å². The van der Waals surface area contributed by atoms with Crippen LogP contribution in [0.5, 0.6) is 17.2 Å². The fourth-order valence-corrected chi connectivity index (χ4v) is 2.92. The molecule has 0 aliphatic carbocycles. The molecule has 3 aromatic rings. The zero-order valence-electron chi connectivity index (χ0n) is 17.9. The Bertz CT molecular complexity index is 1110. The van der Waals surface area contributed by atoms with Gasteiger partial charge in [0, 0.05) is 6.07 Å². The molecule has 31 heavy (non-hydrogen) atoms. The number of hydrogen-bond donors (Lipinski definition) is 0. The number of carbonyl (C=O) groups excluding carboxylic acids is 1. The van der Waals surface area contributed by atoms with Crippen molar-refractivity contribution in [2.45, 2.75) is 39.7 Å². The zero-order chi connectivity index (χ0) is 22.2. The van der Waals surface area contributed by atoms with Crippen LogP contribution < -0.4 is 19.8 Å². The van der Waals surface area contributed by atoms with E-state index in [1.165, 1.54) is 0 Å². The van der Waals surface area contributed by atoms with Gasteiger partial charge in [-0.05, 0) is 51.0 Å². The summed E-state index contributed by atoms with van der Waals surface area (Å²) < 4.78 is 22.4. The average Bonchev–Trinajstić information content (AvgIpc) is 2.76. The number of allylic oxidation sites excluding steroid dienone is 1. The van der Waals surface area contributed by atoms with E-state index in [-0.39, 0.29) is 23.2 Å². The molecule has 0 N–H and O–H groups in total. The molecule has 0 saturated heterocycles. The molecular formula is C25H26O6. The van der Waals surface area contributed by atoms with Crippen molar-refractivity contribution in [3.63, 3.8) is 0 Å². The largest absolute Gasteiger partial charge is 0.493 e. The molecule has 0 aliphatic rings. The Morgan fingerprint density at radius 2 is 1.84 bits per heavy atom. The van der Waals surface area contributed by atoms with Crippen LogP contribution in [0.15, 0.2) is 69.9 Å². The standard InChI is InChI=1S/C25H26O6/c1-4-5-6-10-15-28-19-13-14-20-21(16-19)30-25(27)23(29-17(2)3)22(20)31-24(26)18-11-8-7-9-12-18/h5-9,11-14,16-17H,4,10,15H2,1-3H3/b6-5+. The van der Waals surface area contributed by atoms with Crippen LogP contribution >= 0.6 is 0 Å². The molecule has 0 amide bonds. The lowest BCUT2D eigenvalue weighted by Crippen LogP contribution is -2.17. The van der Waals surface area contributed by atoms with E-state index in [1.807, 2.05) is 0 Å². The van der Waals surface area contributed by atoms with Gasteiger partial charge in [-0.1, -0.05) is 37.3 Å². The maximum Gasteiger partial charge on any atom is 0.383 e. The second-order valence-electron chi connectivity index (χ2n) is 7.14. The van der Waals surface area contributed by atoms with E-state index in [2.05, 4.69) is 19.1 Å². The fraction of sp³-hybridized carbons (Fsp3) is 0.280. The number of esters is 1. The van der Waals surface area contributed by atoms with Crippen molar-refractivity contribution in [2.24, 2.45) is 0 Å². The molecule has 0 fully saturated rings. The van der Waals surface area contributed by atoms with Crippen molar-refractivity contribution >= 4 is 16.9 Å². The molecular weight excluding hydrogens is 396 g/mol. The highest BCUT2D eigenvalue weighted by Gasteiger charge is 2.22. The van der Waals surface area contributed by atoms with E-state index in [4.69, 9.17) is 18.6 Å². The lowest BCUT2D eigenvalue weighted by atomic mass is 10.2. The van der Waals surface area contributed by atoms with E-state index in [1.54, 1.807) is 62.4 Å². The molecule has 6 nitrogen and oxygen atoms in total. The maximum absolute atomic E-state index is 12.7. The molecule has 3 rings (SSSR count). The van der Waals surface area contributed by atoms with Crippen LogP contribution in [-0.4, -0.2) is 18.7 Å². The van der Waals surface area contributed by atoms with Crippen molar-refractivity contribution in [1.29, 1.82) is 0 Å². The number of fused-ring (bicyclic) bond motifs is 1. The van der Waals surface area contributed by atoms with Gasteiger partial charge in [0.05, 0.1) is 23.7 Å². The zero-order valence-corrected chi connectivity index (χ0v) is 17.9. The second kappa shape index (κ2) is 10.5. The molecule has 6 heteroatoms. The van der Waals surface area contributed by atoms with Gasteiger partial charge >= 0.3 is 11.6 Å². The highest BCUT2D eigenvalue weighted by Crippen LogP contribution is 2.35. The Morgan fingerprint density at radius 3 is 2.55 bits per heavy atom. The van der Waals surface area contributed by atoms with Crippen molar-refractivity contribution in [3.05, 3.63) is 76.7 Å². The Morgan fingerprint density at radius 1 is 1.06 bits per heavy atom. The Balaban J connectivity index is 1.97. The molecule has 2 aromatic carbocycles. The number of rotatable bonds is 9. The van der Waals surface area contributed by atoms with Gasteiger partial charge in [-0.3, -0.25) is 0 Å². The van der Waals surface area contributed by atoms with Crippen molar-refractivity contribution < 1.29 is 23.4 Å². The molecule has 0 radical (unpaired) electrons. The smallest absolute Gasteiger partial charge is 0.383 e. The van der Waals surface area contributed by atoms with Crippen LogP contribution in [0.3, 0.4) is 0 Å². The minimum absolute atomic E-state index is 0.0335. The highest BCUT2D eigenvalue weighted by atomic mass is 16.6. The van der Waals surface area contributed by atoms with Gasteiger partial charge in [0.1, 0.15) is 11.3 Å². The van der Waals surface area contributed by atoms with E-state index in [0.29, 0.717) is 23.3 Å². The summed E-state index contributed by atoms with van der Waals surface area (Å²) in [5.41, 5.74) is -0.113. The summed E-state index contributed by atoms with van der Waals surface area (Å²) in [6, 6.07) is 13.6. The lowest BCUT2D eigenvalue weighted by molar-refractivity contribution is 0.0726. The minimum Gasteiger partial charge on any atom is -0.493 e. The quantitative estimate of drug-likeness (QED) is 0.195. The number of ether oxygens (including phenoxy) is 3. The van der Waals surface area contributed by atoms with Crippen LogP contribution in [0.25, 0.3) is 11.0 Å². The average molecular weight is 422 g/mol. The molecule has 1 heterocycles. The van der Waals surface area contributed by atoms with Gasteiger partial charge in [0.25, 0.3) is 0 Å². The van der Waals surface area contributed by atoms with Gasteiger partial charge in [0.15, 0.2) is 5.75 Å². The molecule has 0 unspecified atom stereocenters. The first-order valence-electron chi connectivity index (χ1n) is 10.3. The molecule has 162 valence electrons. The normalized spacial score (nSPS) is 11.2. The van der Waals surface area contributed by atoms with Gasteiger partial charge in [0.2, 0.25) is 5.75 Å². The Hall–Kier alpha value is -3.54. The molecule has 0 saturated carbocycles. The number of carbonyl (C=O) groups is 1. The Kier molecular flexibility index (Phi) is 7.49. The third-order valence-corrected chi connectivity index (χ3v) is 4.31. The first kappa shape index (κ1) is 22.2. The second-order valence-corrected chi connectivity index (χ2v) is 7.14. The van der Waals surface area contributed by atoms with Crippen molar-refractivity contribution in [3.8, 4) is 17.2 Å². The molecule has 0 spiro atoms. The van der Waals surface area contributed by atoms with Crippen LogP contribution in [0.1, 0.15) is 44.0 Å². The summed E-state index contributed by atoms with van der Waals surface area (Å²) in [5, 5.41) is 0.442. The maximum atomic E-state index is 12.7. The molecule has 1 aromatic heterocycles. The highest BCUT2D eigenvalue weighted by molar-refractivity contribution is 5.95. The third-order valence-electron chi connectivity index (χ3n) is 4.31. The first-order chi connectivity index (χ1) is 15.0. The number of hydrogen-bond acceptors (Lipinski definition) is 6. The summed E-state index contributed by atoms with van der Waals surface area (Å²) in [6.45, 7) is 6.12. The van der Waals surface area contributed by atoms with Crippen LogP contribution in [0, 0.1) is 0 Å². The third kappa shape index (κ3) is 5.75. The van der Waals surface area contributed by atoms with E-state index < -0.39 is 11.6 Å². The monoisotopic (exact) mass is 422 g/mol. The fourth-order valence-electron chi connectivity index (χ4n) is 2.92. The van der Waals surface area contributed by atoms with Gasteiger partial charge < -0.3 is 18.6 Å². The molecule has 0 aliphatic heterocycles. The van der Waals surface area contributed by atoms with E-state index >= 15 is 0 Å². The van der Waals surface area contributed by atoms with Crippen molar-refractivity contribution in [1.82, 2.24) is 0 Å². The van der Waals surface area contributed by atoms with Gasteiger partial charge in [-0.2, -0.15) is 0 Å². The minimum atomic E-state index is -0.722. The lowest BCUT2D eigenvalue weighted by Gasteiger charge is -2.15. The van der Waals surface area contributed by atoms with Gasteiger partial charge in [-0.25, -0.2) is 9.59 Å². The van der Waals surface area contributed by atoms with E-state index in [0.717, 1.165) is 12.8 Å². The summed E-state index contributed by atoms with van der Waals surface area (Å²) in [4.78, 5) is 25.3. The predicted octanol–water partition coefficient (Wildman–Crippen LogP) is 5.53. The SMILES string of the molecule is CC/C=C/CCOc1ccc2c(OC(=O)c3ccccc3)c(OC(C)C)c(=O)oc2c1. The van der Waals surface area contributed by atoms with Crippen LogP contribution in [0.2, 0.25) is 0 Å². The molecule has 0 bridgehead atoms. The topological polar surface area (TPSA) is 75.0 Å². The van der Waals surface area contributed by atoms with Crippen LogP contribution in [-0.2, 0) is 0 Å².